The summed E-state index contributed by atoms with van der Waals surface area (Å²) in [4.78, 5) is 11.9. The zero-order valence-electron chi connectivity index (χ0n) is 13.3. The van der Waals surface area contributed by atoms with E-state index in [-0.39, 0.29) is 19.3 Å². The van der Waals surface area contributed by atoms with Gasteiger partial charge in [0, 0.05) is 19.2 Å². The van der Waals surface area contributed by atoms with Crippen LogP contribution in [-0.2, 0) is 11.3 Å². The fourth-order valence-electron chi connectivity index (χ4n) is 2.15. The Hall–Kier alpha value is -2.74. The molecule has 1 aliphatic rings. The van der Waals surface area contributed by atoms with E-state index in [0.717, 1.165) is 0 Å². The third-order valence-corrected chi connectivity index (χ3v) is 3.34. The molecule has 24 heavy (non-hydrogen) atoms. The maximum atomic E-state index is 11.9. The van der Waals surface area contributed by atoms with Crippen LogP contribution in [0.2, 0.25) is 0 Å². The maximum absolute atomic E-state index is 11.9. The first-order valence-electron chi connectivity index (χ1n) is 7.69. The van der Waals surface area contributed by atoms with E-state index in [9.17, 15) is 4.79 Å². The van der Waals surface area contributed by atoms with E-state index in [0.29, 0.717) is 48.4 Å². The van der Waals surface area contributed by atoms with E-state index in [1.807, 2.05) is 6.92 Å². The SMILES string of the molecule is CCOCCNC(=O)c1cc(COc2ccc3c(c2)OCO3)[nH]n1. The molecule has 128 valence electrons. The summed E-state index contributed by atoms with van der Waals surface area (Å²) in [5.74, 6) is 1.76. The van der Waals surface area contributed by atoms with Crippen LogP contribution in [0.5, 0.6) is 17.2 Å². The number of hydrogen-bond acceptors (Lipinski definition) is 6. The Morgan fingerprint density at radius 1 is 1.33 bits per heavy atom. The Balaban J connectivity index is 1.50. The minimum atomic E-state index is -0.250. The standard InChI is InChI=1S/C16H19N3O5/c1-2-21-6-5-17-16(20)13-7-11(18-19-13)9-22-12-3-4-14-15(8-12)24-10-23-14/h3-4,7-8H,2,5-6,9-10H2,1H3,(H,17,20)(H,18,19). The van der Waals surface area contributed by atoms with Gasteiger partial charge in [-0.05, 0) is 25.1 Å². The highest BCUT2D eigenvalue weighted by atomic mass is 16.7. The van der Waals surface area contributed by atoms with Gasteiger partial charge in [0.25, 0.3) is 5.91 Å². The van der Waals surface area contributed by atoms with Crippen LogP contribution < -0.4 is 19.5 Å². The van der Waals surface area contributed by atoms with E-state index in [4.69, 9.17) is 18.9 Å². The highest BCUT2D eigenvalue weighted by molar-refractivity contribution is 5.92. The lowest BCUT2D eigenvalue weighted by molar-refractivity contribution is 0.0917. The maximum Gasteiger partial charge on any atom is 0.271 e. The van der Waals surface area contributed by atoms with Gasteiger partial charge in [-0.1, -0.05) is 0 Å². The molecule has 0 unspecified atom stereocenters. The second-order valence-corrected chi connectivity index (χ2v) is 5.03. The first-order chi connectivity index (χ1) is 11.8. The lowest BCUT2D eigenvalue weighted by Gasteiger charge is -2.05. The van der Waals surface area contributed by atoms with Gasteiger partial charge in [-0.2, -0.15) is 5.10 Å². The average Bonchev–Trinajstić information content (AvgIpc) is 3.25. The molecule has 0 aliphatic carbocycles. The number of aromatic nitrogens is 2. The minimum Gasteiger partial charge on any atom is -0.487 e. The van der Waals surface area contributed by atoms with E-state index >= 15 is 0 Å². The smallest absolute Gasteiger partial charge is 0.271 e. The van der Waals surface area contributed by atoms with E-state index in [1.165, 1.54) is 0 Å². The summed E-state index contributed by atoms with van der Waals surface area (Å²) in [5.41, 5.74) is 1.01. The van der Waals surface area contributed by atoms with Crippen LogP contribution in [0.4, 0.5) is 0 Å². The van der Waals surface area contributed by atoms with Crippen molar-refractivity contribution in [2.45, 2.75) is 13.5 Å². The molecule has 2 aromatic rings. The van der Waals surface area contributed by atoms with E-state index in [2.05, 4.69) is 15.5 Å². The molecule has 0 atom stereocenters. The molecule has 0 spiro atoms. The number of ether oxygens (including phenoxy) is 4. The molecule has 1 aliphatic heterocycles. The number of nitrogens with zero attached hydrogens (tertiary/aromatic N) is 1. The summed E-state index contributed by atoms with van der Waals surface area (Å²) in [7, 11) is 0. The Kier molecular flexibility index (Phi) is 5.17. The average molecular weight is 333 g/mol. The zero-order valence-corrected chi connectivity index (χ0v) is 13.3. The fraction of sp³-hybridized carbons (Fsp3) is 0.375. The first-order valence-corrected chi connectivity index (χ1v) is 7.69. The lowest BCUT2D eigenvalue weighted by atomic mass is 10.3. The van der Waals surface area contributed by atoms with Crippen molar-refractivity contribution in [2.24, 2.45) is 0 Å². The summed E-state index contributed by atoms with van der Waals surface area (Å²) in [6.07, 6.45) is 0. The van der Waals surface area contributed by atoms with E-state index in [1.54, 1.807) is 24.3 Å². The monoisotopic (exact) mass is 333 g/mol. The zero-order chi connectivity index (χ0) is 16.8. The molecule has 2 N–H and O–H groups in total. The molecule has 8 nitrogen and oxygen atoms in total. The fourth-order valence-corrected chi connectivity index (χ4v) is 2.15. The first kappa shape index (κ1) is 16.1. The summed E-state index contributed by atoms with van der Waals surface area (Å²) < 4.78 is 21.4. The lowest BCUT2D eigenvalue weighted by Crippen LogP contribution is -2.27. The van der Waals surface area contributed by atoms with Crippen LogP contribution in [0.15, 0.2) is 24.3 Å². The molecule has 0 bridgehead atoms. The van der Waals surface area contributed by atoms with Crippen LogP contribution in [0.3, 0.4) is 0 Å². The number of carbonyl (C=O) groups excluding carboxylic acids is 1. The summed E-state index contributed by atoms with van der Waals surface area (Å²) in [6.45, 7) is 3.94. The van der Waals surface area contributed by atoms with Gasteiger partial charge >= 0.3 is 0 Å². The van der Waals surface area contributed by atoms with Gasteiger partial charge in [0.05, 0.1) is 12.3 Å². The van der Waals surface area contributed by atoms with Gasteiger partial charge in [-0.15, -0.1) is 0 Å². The van der Waals surface area contributed by atoms with Crippen LogP contribution >= 0.6 is 0 Å². The molecule has 2 heterocycles. The minimum absolute atomic E-state index is 0.223. The molecule has 0 fully saturated rings. The van der Waals surface area contributed by atoms with Crippen molar-refractivity contribution >= 4 is 5.91 Å². The number of benzene rings is 1. The van der Waals surface area contributed by atoms with Crippen molar-refractivity contribution < 1.29 is 23.7 Å². The van der Waals surface area contributed by atoms with Crippen molar-refractivity contribution in [3.8, 4) is 17.2 Å². The molecule has 0 saturated carbocycles. The number of carbonyl (C=O) groups is 1. The topological polar surface area (TPSA) is 94.7 Å². The van der Waals surface area contributed by atoms with Gasteiger partial charge in [-0.3, -0.25) is 9.89 Å². The Morgan fingerprint density at radius 3 is 3.08 bits per heavy atom. The third kappa shape index (κ3) is 3.96. The molecule has 0 radical (unpaired) electrons. The van der Waals surface area contributed by atoms with Crippen molar-refractivity contribution in [3.05, 3.63) is 35.7 Å². The van der Waals surface area contributed by atoms with Gasteiger partial charge in [-0.25, -0.2) is 0 Å². The summed E-state index contributed by atoms with van der Waals surface area (Å²) >= 11 is 0. The Labute approximate surface area is 139 Å². The van der Waals surface area contributed by atoms with Crippen LogP contribution in [-0.4, -0.2) is 42.7 Å². The van der Waals surface area contributed by atoms with Gasteiger partial charge in [0.1, 0.15) is 18.1 Å². The molecular weight excluding hydrogens is 314 g/mol. The highest BCUT2D eigenvalue weighted by Crippen LogP contribution is 2.35. The van der Waals surface area contributed by atoms with Crippen molar-refractivity contribution in [3.63, 3.8) is 0 Å². The number of rotatable bonds is 8. The Morgan fingerprint density at radius 2 is 2.21 bits per heavy atom. The second-order valence-electron chi connectivity index (χ2n) is 5.03. The van der Waals surface area contributed by atoms with Crippen molar-refractivity contribution in [1.82, 2.24) is 15.5 Å². The highest BCUT2D eigenvalue weighted by Gasteiger charge is 2.14. The largest absolute Gasteiger partial charge is 0.487 e. The summed E-state index contributed by atoms with van der Waals surface area (Å²) in [5, 5.41) is 9.50. The van der Waals surface area contributed by atoms with Crippen molar-refractivity contribution in [1.29, 1.82) is 0 Å². The van der Waals surface area contributed by atoms with Gasteiger partial charge < -0.3 is 24.3 Å². The molecule has 1 aromatic heterocycles. The number of nitrogens with one attached hydrogen (secondary N) is 2. The molecule has 3 rings (SSSR count). The predicted octanol–water partition coefficient (Wildman–Crippen LogP) is 1.48. The number of fused-ring (bicyclic) bond motifs is 1. The van der Waals surface area contributed by atoms with Crippen LogP contribution in [0.25, 0.3) is 0 Å². The van der Waals surface area contributed by atoms with Crippen LogP contribution in [0.1, 0.15) is 23.1 Å². The second kappa shape index (κ2) is 7.69. The molecule has 0 saturated heterocycles. The third-order valence-electron chi connectivity index (χ3n) is 3.34. The quantitative estimate of drug-likeness (QED) is 0.711. The van der Waals surface area contributed by atoms with Crippen molar-refractivity contribution in [2.75, 3.05) is 26.6 Å². The molecule has 1 amide bonds. The number of H-pyrrole nitrogens is 1. The van der Waals surface area contributed by atoms with Crippen LogP contribution in [0, 0.1) is 0 Å². The Bertz CT molecular complexity index is 701. The molecule has 1 aromatic carbocycles. The predicted molar refractivity (Wildman–Crippen MR) is 84.3 cm³/mol. The van der Waals surface area contributed by atoms with Gasteiger partial charge in [0.2, 0.25) is 6.79 Å². The molecule has 8 heteroatoms. The van der Waals surface area contributed by atoms with Gasteiger partial charge in [0.15, 0.2) is 11.5 Å². The number of aromatic amines is 1. The number of hydrogen-bond donors (Lipinski definition) is 2. The number of amides is 1. The molecular formula is C16H19N3O5. The van der Waals surface area contributed by atoms with E-state index < -0.39 is 0 Å². The normalized spacial score (nSPS) is 12.2. The summed E-state index contributed by atoms with van der Waals surface area (Å²) in [6, 6.07) is 7.01.